The largest absolute Gasteiger partial charge is 0.398 e. The molecule has 0 aromatic heterocycles. The summed E-state index contributed by atoms with van der Waals surface area (Å²) in [5, 5.41) is 3.64. The first-order chi connectivity index (χ1) is 8.29. The Balaban J connectivity index is 1.78. The Morgan fingerprint density at radius 2 is 1.88 bits per heavy atom. The summed E-state index contributed by atoms with van der Waals surface area (Å²) < 4.78 is 0. The molecule has 17 heavy (non-hydrogen) atoms. The van der Waals surface area contributed by atoms with E-state index in [1.807, 2.05) is 12.1 Å². The van der Waals surface area contributed by atoms with E-state index in [0.717, 1.165) is 18.2 Å². The molecule has 0 unspecified atom stereocenters. The molecule has 2 rings (SSSR count). The molecule has 0 radical (unpaired) electrons. The molecule has 2 heteroatoms. The zero-order valence-electron chi connectivity index (χ0n) is 10.8. The highest BCUT2D eigenvalue weighted by Gasteiger charge is 2.19. The zero-order valence-corrected chi connectivity index (χ0v) is 10.8. The normalized spacial score (nSPS) is 24.8. The van der Waals surface area contributed by atoms with Gasteiger partial charge in [-0.1, -0.05) is 31.5 Å². The minimum atomic E-state index is 0.692. The van der Waals surface area contributed by atoms with E-state index >= 15 is 0 Å². The number of nitrogens with two attached hydrogens (primary N) is 1. The van der Waals surface area contributed by atoms with Crippen LogP contribution in [0.2, 0.25) is 0 Å². The first-order valence-corrected chi connectivity index (χ1v) is 6.86. The molecule has 94 valence electrons. The van der Waals surface area contributed by atoms with Crippen LogP contribution in [-0.2, 0) is 6.54 Å². The van der Waals surface area contributed by atoms with Crippen molar-refractivity contribution in [3.05, 3.63) is 29.8 Å². The molecule has 3 N–H and O–H groups in total. The first kappa shape index (κ1) is 12.4. The van der Waals surface area contributed by atoms with E-state index in [2.05, 4.69) is 24.4 Å². The van der Waals surface area contributed by atoms with Crippen molar-refractivity contribution in [3.63, 3.8) is 0 Å². The first-order valence-electron chi connectivity index (χ1n) is 6.86. The summed E-state index contributed by atoms with van der Waals surface area (Å²) in [7, 11) is 0. The van der Waals surface area contributed by atoms with E-state index in [-0.39, 0.29) is 0 Å². The average Bonchev–Trinajstić information content (AvgIpc) is 2.38. The fourth-order valence-electron chi connectivity index (χ4n) is 2.72. The molecule has 2 nitrogen and oxygen atoms in total. The van der Waals surface area contributed by atoms with Crippen LogP contribution in [0.1, 0.15) is 44.6 Å². The van der Waals surface area contributed by atoms with Gasteiger partial charge < -0.3 is 11.1 Å². The molecule has 1 aromatic rings. The van der Waals surface area contributed by atoms with Crippen LogP contribution in [0.4, 0.5) is 5.69 Å². The van der Waals surface area contributed by atoms with E-state index in [1.165, 1.54) is 37.7 Å². The number of hydrogen-bond donors (Lipinski definition) is 2. The molecule has 1 aliphatic carbocycles. The van der Waals surface area contributed by atoms with Gasteiger partial charge in [-0.15, -0.1) is 0 Å². The van der Waals surface area contributed by atoms with Crippen LogP contribution in [0.5, 0.6) is 0 Å². The van der Waals surface area contributed by atoms with Crippen LogP contribution in [0, 0.1) is 5.92 Å². The third-order valence-corrected chi connectivity index (χ3v) is 4.06. The standard InChI is InChI=1S/C15H24N2/c1-2-12-7-9-14(10-8-12)17-11-13-5-3-4-6-15(13)16/h3-6,12,14,17H,2,7-11,16H2,1H3. The average molecular weight is 232 g/mol. The van der Waals surface area contributed by atoms with Crippen LogP contribution in [-0.4, -0.2) is 6.04 Å². The van der Waals surface area contributed by atoms with Crippen molar-refractivity contribution < 1.29 is 0 Å². The Morgan fingerprint density at radius 3 is 2.53 bits per heavy atom. The summed E-state index contributed by atoms with van der Waals surface area (Å²) in [6.45, 7) is 3.22. The Morgan fingerprint density at radius 1 is 1.18 bits per heavy atom. The molecule has 0 bridgehead atoms. The van der Waals surface area contributed by atoms with Crippen LogP contribution in [0.3, 0.4) is 0 Å². The smallest absolute Gasteiger partial charge is 0.0359 e. The van der Waals surface area contributed by atoms with Crippen molar-refractivity contribution >= 4 is 5.69 Å². The second kappa shape index (κ2) is 6.06. The van der Waals surface area contributed by atoms with Gasteiger partial charge in [0.05, 0.1) is 0 Å². The van der Waals surface area contributed by atoms with E-state index in [4.69, 9.17) is 5.73 Å². The van der Waals surface area contributed by atoms with Gasteiger partial charge in [0.1, 0.15) is 0 Å². The molecule has 0 saturated heterocycles. The van der Waals surface area contributed by atoms with E-state index in [9.17, 15) is 0 Å². The van der Waals surface area contributed by atoms with Gasteiger partial charge in [-0.05, 0) is 43.2 Å². The predicted molar refractivity (Wildman–Crippen MR) is 73.7 cm³/mol. The molecule has 1 aliphatic rings. The molecule has 0 aliphatic heterocycles. The Kier molecular flexibility index (Phi) is 4.43. The maximum atomic E-state index is 5.94. The lowest BCUT2D eigenvalue weighted by Crippen LogP contribution is -2.32. The summed E-state index contributed by atoms with van der Waals surface area (Å²) in [4.78, 5) is 0. The minimum absolute atomic E-state index is 0.692. The predicted octanol–water partition coefficient (Wildman–Crippen LogP) is 3.33. The van der Waals surface area contributed by atoms with Crippen LogP contribution >= 0.6 is 0 Å². The molecule has 1 aromatic carbocycles. The van der Waals surface area contributed by atoms with Gasteiger partial charge in [0.25, 0.3) is 0 Å². The lowest BCUT2D eigenvalue weighted by molar-refractivity contribution is 0.285. The van der Waals surface area contributed by atoms with Crippen molar-refractivity contribution in [3.8, 4) is 0 Å². The van der Waals surface area contributed by atoms with Gasteiger partial charge in [0.2, 0.25) is 0 Å². The Labute approximate surface area is 105 Å². The highest BCUT2D eigenvalue weighted by Crippen LogP contribution is 2.26. The van der Waals surface area contributed by atoms with Crippen molar-refractivity contribution in [2.75, 3.05) is 5.73 Å². The summed E-state index contributed by atoms with van der Waals surface area (Å²) in [6, 6.07) is 8.83. The summed E-state index contributed by atoms with van der Waals surface area (Å²) in [6.07, 6.45) is 6.77. The van der Waals surface area contributed by atoms with Crippen molar-refractivity contribution in [2.24, 2.45) is 5.92 Å². The fourth-order valence-corrected chi connectivity index (χ4v) is 2.72. The second-order valence-electron chi connectivity index (χ2n) is 5.21. The van der Waals surface area contributed by atoms with Crippen LogP contribution in [0.25, 0.3) is 0 Å². The molecular formula is C15H24N2. The SMILES string of the molecule is CCC1CCC(NCc2ccccc2N)CC1. The topological polar surface area (TPSA) is 38.0 Å². The van der Waals surface area contributed by atoms with Gasteiger partial charge in [0.15, 0.2) is 0 Å². The molecule has 0 spiro atoms. The summed E-state index contributed by atoms with van der Waals surface area (Å²) in [5.41, 5.74) is 8.07. The van der Waals surface area contributed by atoms with Crippen molar-refractivity contribution in [1.29, 1.82) is 0 Å². The van der Waals surface area contributed by atoms with Crippen LogP contribution in [0.15, 0.2) is 24.3 Å². The van der Waals surface area contributed by atoms with Crippen molar-refractivity contribution in [2.45, 2.75) is 51.6 Å². The van der Waals surface area contributed by atoms with Gasteiger partial charge in [-0.2, -0.15) is 0 Å². The number of hydrogen-bond acceptors (Lipinski definition) is 2. The zero-order chi connectivity index (χ0) is 12.1. The quantitative estimate of drug-likeness (QED) is 0.781. The number of para-hydroxylation sites is 1. The molecule has 1 fully saturated rings. The van der Waals surface area contributed by atoms with E-state index < -0.39 is 0 Å². The lowest BCUT2D eigenvalue weighted by Gasteiger charge is -2.28. The number of anilines is 1. The van der Waals surface area contributed by atoms with Gasteiger partial charge in [0, 0.05) is 18.3 Å². The van der Waals surface area contributed by atoms with Gasteiger partial charge in [-0.3, -0.25) is 0 Å². The third-order valence-electron chi connectivity index (χ3n) is 4.06. The summed E-state index contributed by atoms with van der Waals surface area (Å²) >= 11 is 0. The van der Waals surface area contributed by atoms with Crippen LogP contribution < -0.4 is 11.1 Å². The third kappa shape index (κ3) is 3.47. The number of nitrogens with one attached hydrogen (secondary N) is 1. The fraction of sp³-hybridized carbons (Fsp3) is 0.600. The number of nitrogen functional groups attached to an aromatic ring is 1. The Bertz CT molecular complexity index is 341. The second-order valence-corrected chi connectivity index (χ2v) is 5.21. The van der Waals surface area contributed by atoms with E-state index in [0.29, 0.717) is 6.04 Å². The molecule has 1 saturated carbocycles. The number of rotatable bonds is 4. The van der Waals surface area contributed by atoms with Gasteiger partial charge in [-0.25, -0.2) is 0 Å². The number of benzene rings is 1. The highest BCUT2D eigenvalue weighted by molar-refractivity contribution is 5.46. The molecule has 0 amide bonds. The minimum Gasteiger partial charge on any atom is -0.398 e. The highest BCUT2D eigenvalue weighted by atomic mass is 14.9. The lowest BCUT2D eigenvalue weighted by atomic mass is 9.84. The van der Waals surface area contributed by atoms with E-state index in [1.54, 1.807) is 0 Å². The maximum absolute atomic E-state index is 5.94. The monoisotopic (exact) mass is 232 g/mol. The molecule has 0 atom stereocenters. The molecule has 0 heterocycles. The Hall–Kier alpha value is -1.02. The maximum Gasteiger partial charge on any atom is 0.0359 e. The van der Waals surface area contributed by atoms with Gasteiger partial charge >= 0.3 is 0 Å². The van der Waals surface area contributed by atoms with Crippen molar-refractivity contribution in [1.82, 2.24) is 5.32 Å². The summed E-state index contributed by atoms with van der Waals surface area (Å²) in [5.74, 6) is 0.967. The molecular weight excluding hydrogens is 208 g/mol.